The van der Waals surface area contributed by atoms with E-state index >= 15 is 0 Å². The Hall–Kier alpha value is -3.16. The summed E-state index contributed by atoms with van der Waals surface area (Å²) in [7, 11) is 0. The standard InChI is InChI=1S/C22H27N5O3/c1-13-6-9-18-23-17(12-26(18)11-13)14(2)20(28)24-19-10-16(15-7-8-15)25-27(19)21(29)30-22(3,4)5/h6,9-12,14-15H,7-8H2,1-5H3,(H,24,28). The maximum atomic E-state index is 13.0. The predicted octanol–water partition coefficient (Wildman–Crippen LogP) is 4.24. The number of nitrogens with one attached hydrogen (secondary N) is 1. The lowest BCUT2D eigenvalue weighted by atomic mass is 10.1. The molecule has 1 amide bonds. The summed E-state index contributed by atoms with van der Waals surface area (Å²) in [5.41, 5.74) is 2.69. The number of carbonyl (C=O) groups excluding carboxylic acids is 2. The number of nitrogens with zero attached hydrogens (tertiary/aromatic N) is 4. The Morgan fingerprint density at radius 1 is 1.23 bits per heavy atom. The molecular weight excluding hydrogens is 382 g/mol. The van der Waals surface area contributed by atoms with Gasteiger partial charge in [-0.05, 0) is 59.1 Å². The van der Waals surface area contributed by atoms with Crippen LogP contribution in [0.15, 0.2) is 30.6 Å². The number of fused-ring (bicyclic) bond motifs is 1. The third-order valence-corrected chi connectivity index (χ3v) is 5.00. The van der Waals surface area contributed by atoms with Crippen LogP contribution >= 0.6 is 0 Å². The minimum Gasteiger partial charge on any atom is -0.442 e. The predicted molar refractivity (Wildman–Crippen MR) is 113 cm³/mol. The Kier molecular flexibility index (Phi) is 4.88. The number of hydrogen-bond acceptors (Lipinski definition) is 5. The molecule has 8 nitrogen and oxygen atoms in total. The van der Waals surface area contributed by atoms with Gasteiger partial charge in [-0.2, -0.15) is 5.10 Å². The zero-order valence-corrected chi connectivity index (χ0v) is 18.0. The highest BCUT2D eigenvalue weighted by Gasteiger charge is 2.31. The van der Waals surface area contributed by atoms with Gasteiger partial charge >= 0.3 is 6.09 Å². The fourth-order valence-corrected chi connectivity index (χ4v) is 3.21. The number of hydrogen-bond donors (Lipinski definition) is 1. The quantitative estimate of drug-likeness (QED) is 0.696. The van der Waals surface area contributed by atoms with Crippen molar-refractivity contribution >= 4 is 23.5 Å². The molecule has 0 aromatic carbocycles. The Bertz CT molecular complexity index is 1120. The van der Waals surface area contributed by atoms with Crippen LogP contribution in [0.2, 0.25) is 0 Å². The molecule has 0 spiro atoms. The van der Waals surface area contributed by atoms with Crippen molar-refractivity contribution in [1.82, 2.24) is 19.2 Å². The van der Waals surface area contributed by atoms with Gasteiger partial charge in [0.25, 0.3) is 0 Å². The molecule has 1 N–H and O–H groups in total. The smallest absolute Gasteiger partial charge is 0.437 e. The zero-order valence-electron chi connectivity index (χ0n) is 18.0. The Balaban J connectivity index is 1.57. The number of anilines is 1. The van der Waals surface area contributed by atoms with Crippen molar-refractivity contribution in [1.29, 1.82) is 0 Å². The summed E-state index contributed by atoms with van der Waals surface area (Å²) in [5.74, 6) is -0.107. The molecule has 1 aliphatic rings. The van der Waals surface area contributed by atoms with Crippen LogP contribution < -0.4 is 5.32 Å². The number of ether oxygens (including phenoxy) is 1. The normalized spacial score (nSPS) is 15.2. The molecular formula is C22H27N5O3. The molecule has 3 aromatic heterocycles. The van der Waals surface area contributed by atoms with Gasteiger partial charge in [-0.15, -0.1) is 4.68 Å². The highest BCUT2D eigenvalue weighted by molar-refractivity contribution is 5.96. The topological polar surface area (TPSA) is 90.5 Å². The van der Waals surface area contributed by atoms with E-state index in [-0.39, 0.29) is 5.91 Å². The van der Waals surface area contributed by atoms with Crippen molar-refractivity contribution in [2.45, 2.75) is 64.9 Å². The monoisotopic (exact) mass is 409 g/mol. The second-order valence-corrected chi connectivity index (χ2v) is 8.97. The summed E-state index contributed by atoms with van der Waals surface area (Å²) >= 11 is 0. The van der Waals surface area contributed by atoms with Crippen LogP contribution in [0.5, 0.6) is 0 Å². The first-order chi connectivity index (χ1) is 14.1. The Morgan fingerprint density at radius 2 is 1.97 bits per heavy atom. The van der Waals surface area contributed by atoms with Crippen LogP contribution in [-0.4, -0.2) is 36.8 Å². The van der Waals surface area contributed by atoms with Gasteiger partial charge in [0.2, 0.25) is 5.91 Å². The molecule has 1 unspecified atom stereocenters. The van der Waals surface area contributed by atoms with E-state index in [2.05, 4.69) is 15.4 Å². The third-order valence-electron chi connectivity index (χ3n) is 5.00. The average molecular weight is 409 g/mol. The van der Waals surface area contributed by atoms with Gasteiger partial charge in [0.05, 0.1) is 17.3 Å². The summed E-state index contributed by atoms with van der Waals surface area (Å²) in [6.07, 6.45) is 5.29. The number of rotatable bonds is 4. The first-order valence-electron chi connectivity index (χ1n) is 10.2. The Labute approximate surface area is 175 Å². The first kappa shape index (κ1) is 20.1. The van der Waals surface area contributed by atoms with Gasteiger partial charge in [-0.25, -0.2) is 9.78 Å². The van der Waals surface area contributed by atoms with E-state index in [0.717, 1.165) is 34.4 Å². The summed E-state index contributed by atoms with van der Waals surface area (Å²) in [4.78, 5) is 30.1. The van der Waals surface area contributed by atoms with Crippen LogP contribution in [0.3, 0.4) is 0 Å². The van der Waals surface area contributed by atoms with Crippen molar-refractivity contribution in [3.63, 3.8) is 0 Å². The molecule has 3 heterocycles. The minimum atomic E-state index is -0.661. The van der Waals surface area contributed by atoms with E-state index in [0.29, 0.717) is 17.4 Å². The molecule has 0 aliphatic heterocycles. The molecule has 4 rings (SSSR count). The maximum Gasteiger partial charge on any atom is 0.437 e. The average Bonchev–Trinajstić information content (AvgIpc) is 3.28. The van der Waals surface area contributed by atoms with Crippen LogP contribution in [0, 0.1) is 6.92 Å². The van der Waals surface area contributed by atoms with Crippen LogP contribution in [0.4, 0.5) is 10.6 Å². The largest absolute Gasteiger partial charge is 0.442 e. The number of aryl methyl sites for hydroxylation is 1. The van der Waals surface area contributed by atoms with Gasteiger partial charge in [-0.1, -0.05) is 6.07 Å². The molecule has 1 atom stereocenters. The zero-order chi connectivity index (χ0) is 21.6. The fraction of sp³-hybridized carbons (Fsp3) is 0.455. The van der Waals surface area contributed by atoms with Crippen LogP contribution in [0.1, 0.15) is 69.3 Å². The van der Waals surface area contributed by atoms with E-state index in [9.17, 15) is 9.59 Å². The van der Waals surface area contributed by atoms with Crippen molar-refractivity contribution in [2.24, 2.45) is 0 Å². The fourth-order valence-electron chi connectivity index (χ4n) is 3.21. The third kappa shape index (κ3) is 4.22. The highest BCUT2D eigenvalue weighted by Crippen LogP contribution is 2.40. The van der Waals surface area contributed by atoms with Gasteiger partial charge in [0, 0.05) is 24.4 Å². The molecule has 0 bridgehead atoms. The second-order valence-electron chi connectivity index (χ2n) is 8.97. The van der Waals surface area contributed by atoms with Gasteiger partial charge in [-0.3, -0.25) is 4.79 Å². The maximum absolute atomic E-state index is 13.0. The first-order valence-corrected chi connectivity index (χ1v) is 10.2. The summed E-state index contributed by atoms with van der Waals surface area (Å²) in [6, 6.07) is 5.66. The lowest BCUT2D eigenvalue weighted by molar-refractivity contribution is -0.117. The number of amides is 1. The molecule has 3 aromatic rings. The molecule has 1 aliphatic carbocycles. The number of imidazole rings is 1. The Morgan fingerprint density at radius 3 is 2.63 bits per heavy atom. The molecule has 1 fully saturated rings. The van der Waals surface area contributed by atoms with E-state index < -0.39 is 17.6 Å². The summed E-state index contributed by atoms with van der Waals surface area (Å²) in [6.45, 7) is 9.18. The van der Waals surface area contributed by atoms with Crippen molar-refractivity contribution in [2.75, 3.05) is 5.32 Å². The molecule has 30 heavy (non-hydrogen) atoms. The number of pyridine rings is 1. The van der Waals surface area contributed by atoms with Gasteiger partial charge in [0.15, 0.2) is 0 Å². The number of aromatic nitrogens is 4. The highest BCUT2D eigenvalue weighted by atomic mass is 16.6. The lowest BCUT2D eigenvalue weighted by Gasteiger charge is -2.20. The van der Waals surface area contributed by atoms with Gasteiger partial charge < -0.3 is 14.5 Å². The molecule has 158 valence electrons. The van der Waals surface area contributed by atoms with Crippen LogP contribution in [0.25, 0.3) is 5.65 Å². The van der Waals surface area contributed by atoms with Gasteiger partial charge in [0.1, 0.15) is 17.1 Å². The SMILES string of the molecule is Cc1ccc2nc(C(C)C(=O)Nc3cc(C4CC4)nn3C(=O)OC(C)(C)C)cn2c1. The van der Waals surface area contributed by atoms with E-state index in [1.165, 1.54) is 0 Å². The molecule has 1 saturated carbocycles. The minimum absolute atomic E-state index is 0.262. The molecule has 0 radical (unpaired) electrons. The van der Waals surface area contributed by atoms with Crippen LogP contribution in [-0.2, 0) is 9.53 Å². The summed E-state index contributed by atoms with van der Waals surface area (Å²) in [5, 5.41) is 7.24. The second kappa shape index (κ2) is 7.27. The van der Waals surface area contributed by atoms with Crippen molar-refractivity contribution in [3.05, 3.63) is 47.5 Å². The molecule has 8 heteroatoms. The van der Waals surface area contributed by atoms with E-state index in [4.69, 9.17) is 4.74 Å². The van der Waals surface area contributed by atoms with E-state index in [1.54, 1.807) is 33.8 Å². The van der Waals surface area contributed by atoms with Crippen molar-refractivity contribution < 1.29 is 14.3 Å². The summed E-state index contributed by atoms with van der Waals surface area (Å²) < 4.78 is 8.51. The lowest BCUT2D eigenvalue weighted by Crippen LogP contribution is -2.30. The van der Waals surface area contributed by atoms with E-state index in [1.807, 2.05) is 35.9 Å². The number of carbonyl (C=O) groups is 2. The van der Waals surface area contributed by atoms with Crippen molar-refractivity contribution in [3.8, 4) is 0 Å². The molecule has 0 saturated heterocycles.